The monoisotopic (exact) mass is 250 g/mol. The second kappa shape index (κ2) is 6.54. The Hall–Kier alpha value is -1.36. The quantitative estimate of drug-likeness (QED) is 0.777. The van der Waals surface area contributed by atoms with Gasteiger partial charge >= 0.3 is 0 Å². The molecule has 1 saturated carbocycles. The van der Waals surface area contributed by atoms with Gasteiger partial charge < -0.3 is 15.4 Å². The van der Waals surface area contributed by atoms with Gasteiger partial charge in [-0.05, 0) is 26.2 Å². The third-order valence-corrected chi connectivity index (χ3v) is 3.07. The van der Waals surface area contributed by atoms with Crippen LogP contribution in [0.2, 0.25) is 0 Å². The average molecular weight is 250 g/mol. The molecule has 0 spiro atoms. The van der Waals surface area contributed by atoms with Gasteiger partial charge in [-0.1, -0.05) is 6.92 Å². The van der Waals surface area contributed by atoms with Crippen LogP contribution < -0.4 is 10.6 Å². The molecule has 1 aromatic rings. The zero-order chi connectivity index (χ0) is 12.8. The van der Waals surface area contributed by atoms with E-state index in [1.807, 2.05) is 13.0 Å². The van der Waals surface area contributed by atoms with Gasteiger partial charge in [-0.15, -0.1) is 0 Å². The summed E-state index contributed by atoms with van der Waals surface area (Å²) in [6.07, 6.45) is 5.24. The number of aromatic nitrogens is 2. The molecule has 0 bridgehead atoms. The van der Waals surface area contributed by atoms with Crippen LogP contribution in [0.3, 0.4) is 0 Å². The molecule has 1 aliphatic carbocycles. The fraction of sp³-hybridized carbons (Fsp3) is 0.692. The molecule has 5 heteroatoms. The molecular formula is C13H22N4O. The number of nitrogens with zero attached hydrogens (tertiary/aromatic N) is 2. The second-order valence-electron chi connectivity index (χ2n) is 4.61. The summed E-state index contributed by atoms with van der Waals surface area (Å²) in [4.78, 5) is 8.42. The lowest BCUT2D eigenvalue weighted by Crippen LogP contribution is -2.41. The lowest BCUT2D eigenvalue weighted by atomic mass is 9.89. The Morgan fingerprint density at radius 1 is 1.28 bits per heavy atom. The summed E-state index contributed by atoms with van der Waals surface area (Å²) < 4.78 is 5.54. The molecule has 0 radical (unpaired) electrons. The Bertz CT molecular complexity index is 366. The third-order valence-electron chi connectivity index (χ3n) is 3.07. The topological polar surface area (TPSA) is 59.1 Å². The van der Waals surface area contributed by atoms with Gasteiger partial charge in [-0.3, -0.25) is 0 Å². The van der Waals surface area contributed by atoms with Crippen molar-refractivity contribution in [3.05, 3.63) is 12.4 Å². The van der Waals surface area contributed by atoms with Crippen molar-refractivity contribution in [3.8, 4) is 0 Å². The molecule has 0 saturated heterocycles. The van der Waals surface area contributed by atoms with Crippen LogP contribution in [-0.2, 0) is 4.74 Å². The van der Waals surface area contributed by atoms with Crippen molar-refractivity contribution in [2.75, 3.05) is 23.8 Å². The summed E-state index contributed by atoms with van der Waals surface area (Å²) in [7, 11) is 0. The summed E-state index contributed by atoms with van der Waals surface area (Å²) in [5.41, 5.74) is 0. The van der Waals surface area contributed by atoms with E-state index < -0.39 is 0 Å². The van der Waals surface area contributed by atoms with Gasteiger partial charge in [0.15, 0.2) is 0 Å². The summed E-state index contributed by atoms with van der Waals surface area (Å²) >= 11 is 0. The van der Waals surface area contributed by atoms with Crippen LogP contribution in [0.25, 0.3) is 0 Å². The summed E-state index contributed by atoms with van der Waals surface area (Å²) in [6.45, 7) is 5.91. The zero-order valence-corrected chi connectivity index (χ0v) is 11.1. The first-order valence-corrected chi connectivity index (χ1v) is 6.75. The van der Waals surface area contributed by atoms with Gasteiger partial charge in [-0.25, -0.2) is 9.97 Å². The lowest BCUT2D eigenvalue weighted by Gasteiger charge is -2.35. The standard InChI is InChI=1S/C13H22N4O/c1-3-5-14-12-8-13(16-9-15-12)17-10-6-11(7-10)18-4-2/h8-11H,3-7H2,1-2H3,(H2,14,15,16,17). The van der Waals surface area contributed by atoms with Gasteiger partial charge in [0.05, 0.1) is 6.10 Å². The van der Waals surface area contributed by atoms with Gasteiger partial charge in [0, 0.05) is 25.3 Å². The van der Waals surface area contributed by atoms with Crippen molar-refractivity contribution in [1.82, 2.24) is 9.97 Å². The average Bonchev–Trinajstić information content (AvgIpc) is 2.34. The van der Waals surface area contributed by atoms with Crippen molar-refractivity contribution in [3.63, 3.8) is 0 Å². The molecule has 0 aliphatic heterocycles. The van der Waals surface area contributed by atoms with E-state index >= 15 is 0 Å². The molecule has 1 aliphatic rings. The summed E-state index contributed by atoms with van der Waals surface area (Å²) in [5, 5.41) is 6.67. The molecule has 1 aromatic heterocycles. The minimum atomic E-state index is 0.423. The highest BCUT2D eigenvalue weighted by Gasteiger charge is 2.29. The van der Waals surface area contributed by atoms with Gasteiger partial charge in [-0.2, -0.15) is 0 Å². The van der Waals surface area contributed by atoms with E-state index in [4.69, 9.17) is 4.74 Å². The Morgan fingerprint density at radius 2 is 2.06 bits per heavy atom. The van der Waals surface area contributed by atoms with E-state index in [-0.39, 0.29) is 0 Å². The van der Waals surface area contributed by atoms with Crippen molar-refractivity contribution >= 4 is 11.6 Å². The molecule has 0 aromatic carbocycles. The Kier molecular flexibility index (Phi) is 4.75. The number of hydrogen-bond donors (Lipinski definition) is 2. The van der Waals surface area contributed by atoms with E-state index in [0.29, 0.717) is 12.1 Å². The normalized spacial score (nSPS) is 22.3. The third kappa shape index (κ3) is 3.57. The maximum absolute atomic E-state index is 5.54. The number of anilines is 2. The van der Waals surface area contributed by atoms with Crippen molar-refractivity contribution in [2.45, 2.75) is 45.3 Å². The van der Waals surface area contributed by atoms with Crippen LogP contribution in [0.4, 0.5) is 11.6 Å². The summed E-state index contributed by atoms with van der Waals surface area (Å²) in [5.74, 6) is 1.78. The van der Waals surface area contributed by atoms with Crippen molar-refractivity contribution < 1.29 is 4.74 Å². The first-order valence-electron chi connectivity index (χ1n) is 6.75. The van der Waals surface area contributed by atoms with E-state index in [0.717, 1.165) is 44.0 Å². The maximum atomic E-state index is 5.54. The van der Waals surface area contributed by atoms with Gasteiger partial charge in [0.1, 0.15) is 18.0 Å². The summed E-state index contributed by atoms with van der Waals surface area (Å²) in [6, 6.07) is 2.44. The molecule has 0 atom stereocenters. The molecule has 2 N–H and O–H groups in total. The van der Waals surface area contributed by atoms with Crippen LogP contribution in [0.1, 0.15) is 33.1 Å². The highest BCUT2D eigenvalue weighted by molar-refractivity contribution is 5.47. The molecule has 0 unspecified atom stereocenters. The number of nitrogens with one attached hydrogen (secondary N) is 2. The van der Waals surface area contributed by atoms with E-state index in [2.05, 4.69) is 27.5 Å². The van der Waals surface area contributed by atoms with E-state index in [9.17, 15) is 0 Å². The molecule has 1 heterocycles. The minimum absolute atomic E-state index is 0.423. The predicted octanol–water partition coefficient (Wildman–Crippen LogP) is 2.28. The molecule has 0 amide bonds. The Balaban J connectivity index is 1.79. The maximum Gasteiger partial charge on any atom is 0.131 e. The molecule has 18 heavy (non-hydrogen) atoms. The van der Waals surface area contributed by atoms with Gasteiger partial charge in [0.2, 0.25) is 0 Å². The Morgan fingerprint density at radius 3 is 2.78 bits per heavy atom. The second-order valence-corrected chi connectivity index (χ2v) is 4.61. The van der Waals surface area contributed by atoms with Crippen LogP contribution >= 0.6 is 0 Å². The first kappa shape index (κ1) is 13.1. The first-order chi connectivity index (χ1) is 8.81. The van der Waals surface area contributed by atoms with Gasteiger partial charge in [0.25, 0.3) is 0 Å². The lowest BCUT2D eigenvalue weighted by molar-refractivity contribution is 0.00292. The number of rotatable bonds is 7. The smallest absolute Gasteiger partial charge is 0.131 e. The van der Waals surface area contributed by atoms with E-state index in [1.165, 1.54) is 0 Å². The Labute approximate surface area is 108 Å². The molecule has 1 fully saturated rings. The highest BCUT2D eigenvalue weighted by atomic mass is 16.5. The van der Waals surface area contributed by atoms with Crippen LogP contribution in [0.5, 0.6) is 0 Å². The van der Waals surface area contributed by atoms with E-state index in [1.54, 1.807) is 6.33 Å². The predicted molar refractivity (Wildman–Crippen MR) is 72.9 cm³/mol. The SMILES string of the molecule is CCCNc1cc(NC2CC(OCC)C2)ncn1. The largest absolute Gasteiger partial charge is 0.378 e. The van der Waals surface area contributed by atoms with Crippen LogP contribution in [-0.4, -0.2) is 35.3 Å². The fourth-order valence-corrected chi connectivity index (χ4v) is 2.05. The molecule has 5 nitrogen and oxygen atoms in total. The van der Waals surface area contributed by atoms with Crippen LogP contribution in [0, 0.1) is 0 Å². The molecule has 100 valence electrons. The van der Waals surface area contributed by atoms with Crippen molar-refractivity contribution in [1.29, 1.82) is 0 Å². The number of ether oxygens (including phenoxy) is 1. The minimum Gasteiger partial charge on any atom is -0.378 e. The van der Waals surface area contributed by atoms with Crippen molar-refractivity contribution in [2.24, 2.45) is 0 Å². The zero-order valence-electron chi connectivity index (χ0n) is 11.1. The molecular weight excluding hydrogens is 228 g/mol. The fourth-order valence-electron chi connectivity index (χ4n) is 2.05. The van der Waals surface area contributed by atoms with Crippen LogP contribution in [0.15, 0.2) is 12.4 Å². The number of hydrogen-bond acceptors (Lipinski definition) is 5. The molecule has 2 rings (SSSR count). The highest BCUT2D eigenvalue weighted by Crippen LogP contribution is 2.26.